The van der Waals surface area contributed by atoms with Crippen molar-refractivity contribution in [1.29, 1.82) is 0 Å². The fraction of sp³-hybridized carbons (Fsp3) is 0.286. The number of hydrogen-bond donors (Lipinski definition) is 2. The number of carbonyl (C=O) groups is 1. The van der Waals surface area contributed by atoms with Gasteiger partial charge in [0.2, 0.25) is 0 Å². The van der Waals surface area contributed by atoms with Gasteiger partial charge in [0.25, 0.3) is 0 Å². The number of carboxylic acid groups (broad SMARTS) is 1. The van der Waals surface area contributed by atoms with Crippen LogP contribution in [-0.2, 0) is 11.3 Å². The minimum Gasteiger partial charge on any atom is -0.479 e. The summed E-state index contributed by atoms with van der Waals surface area (Å²) in [7, 11) is 0. The SMILES string of the molecule is CCCn1cncc1C(Nc1cccc(Cl)c1)C(=O)O. The van der Waals surface area contributed by atoms with Crippen LogP contribution in [-0.4, -0.2) is 20.6 Å². The molecular weight excluding hydrogens is 278 g/mol. The van der Waals surface area contributed by atoms with Gasteiger partial charge in [0.05, 0.1) is 18.2 Å². The normalized spacial score (nSPS) is 12.1. The number of carboxylic acids is 1. The maximum Gasteiger partial charge on any atom is 0.332 e. The van der Waals surface area contributed by atoms with Crippen molar-refractivity contribution in [2.24, 2.45) is 0 Å². The Labute approximate surface area is 122 Å². The molecule has 0 fully saturated rings. The molecule has 0 saturated heterocycles. The molecule has 1 aromatic carbocycles. The summed E-state index contributed by atoms with van der Waals surface area (Å²) < 4.78 is 1.84. The molecule has 20 heavy (non-hydrogen) atoms. The second-order valence-electron chi connectivity index (χ2n) is 4.44. The van der Waals surface area contributed by atoms with Gasteiger partial charge in [-0.1, -0.05) is 24.6 Å². The summed E-state index contributed by atoms with van der Waals surface area (Å²) in [6.07, 6.45) is 4.13. The fourth-order valence-electron chi connectivity index (χ4n) is 2.01. The van der Waals surface area contributed by atoms with Gasteiger partial charge in [0, 0.05) is 17.3 Å². The van der Waals surface area contributed by atoms with Crippen LogP contribution in [0.3, 0.4) is 0 Å². The van der Waals surface area contributed by atoms with Crippen LogP contribution in [0.15, 0.2) is 36.8 Å². The van der Waals surface area contributed by atoms with Crippen molar-refractivity contribution in [2.75, 3.05) is 5.32 Å². The van der Waals surface area contributed by atoms with Crippen molar-refractivity contribution in [3.8, 4) is 0 Å². The van der Waals surface area contributed by atoms with E-state index < -0.39 is 12.0 Å². The molecule has 0 aliphatic carbocycles. The maximum atomic E-state index is 11.5. The lowest BCUT2D eigenvalue weighted by Crippen LogP contribution is -2.23. The van der Waals surface area contributed by atoms with E-state index in [1.165, 1.54) is 0 Å². The van der Waals surface area contributed by atoms with E-state index in [9.17, 15) is 9.90 Å². The molecule has 1 heterocycles. The molecule has 2 aromatic rings. The highest BCUT2D eigenvalue weighted by Crippen LogP contribution is 2.22. The molecule has 1 atom stereocenters. The number of rotatable bonds is 6. The number of nitrogens with zero attached hydrogens (tertiary/aromatic N) is 2. The predicted octanol–water partition coefficient (Wildman–Crippen LogP) is 3.18. The fourth-order valence-corrected chi connectivity index (χ4v) is 2.20. The summed E-state index contributed by atoms with van der Waals surface area (Å²) in [4.78, 5) is 15.5. The Morgan fingerprint density at radius 3 is 3.00 bits per heavy atom. The molecule has 106 valence electrons. The number of aliphatic carboxylic acids is 1. The summed E-state index contributed by atoms with van der Waals surface area (Å²) >= 11 is 5.91. The van der Waals surface area contributed by atoms with E-state index in [1.54, 1.807) is 36.8 Å². The molecule has 0 spiro atoms. The topological polar surface area (TPSA) is 67.2 Å². The van der Waals surface area contributed by atoms with Crippen LogP contribution in [0.4, 0.5) is 5.69 Å². The van der Waals surface area contributed by atoms with Gasteiger partial charge in [-0.3, -0.25) is 0 Å². The number of nitrogens with one attached hydrogen (secondary N) is 1. The van der Waals surface area contributed by atoms with Gasteiger partial charge in [0.15, 0.2) is 6.04 Å². The Hall–Kier alpha value is -2.01. The zero-order chi connectivity index (χ0) is 14.5. The van der Waals surface area contributed by atoms with Gasteiger partial charge in [-0.05, 0) is 24.6 Å². The van der Waals surface area contributed by atoms with Crippen LogP contribution in [0.1, 0.15) is 25.1 Å². The summed E-state index contributed by atoms with van der Waals surface area (Å²) in [6.45, 7) is 2.76. The van der Waals surface area contributed by atoms with Crippen LogP contribution < -0.4 is 5.32 Å². The van der Waals surface area contributed by atoms with Crippen LogP contribution in [0.25, 0.3) is 0 Å². The average molecular weight is 294 g/mol. The molecule has 0 aliphatic rings. The zero-order valence-electron chi connectivity index (χ0n) is 11.1. The van der Waals surface area contributed by atoms with E-state index in [2.05, 4.69) is 10.3 Å². The van der Waals surface area contributed by atoms with Crippen molar-refractivity contribution < 1.29 is 9.90 Å². The predicted molar refractivity (Wildman–Crippen MR) is 78.0 cm³/mol. The minimum absolute atomic E-state index is 0.557. The monoisotopic (exact) mass is 293 g/mol. The molecule has 2 N–H and O–H groups in total. The molecular formula is C14H16ClN3O2. The van der Waals surface area contributed by atoms with E-state index in [4.69, 9.17) is 11.6 Å². The van der Waals surface area contributed by atoms with E-state index in [1.807, 2.05) is 11.5 Å². The van der Waals surface area contributed by atoms with Gasteiger partial charge < -0.3 is 15.0 Å². The van der Waals surface area contributed by atoms with E-state index >= 15 is 0 Å². The van der Waals surface area contributed by atoms with Gasteiger partial charge in [-0.25, -0.2) is 9.78 Å². The van der Waals surface area contributed by atoms with Crippen molar-refractivity contribution in [2.45, 2.75) is 25.9 Å². The van der Waals surface area contributed by atoms with Crippen LogP contribution in [0.5, 0.6) is 0 Å². The average Bonchev–Trinajstić information content (AvgIpc) is 2.84. The third-order valence-corrected chi connectivity index (χ3v) is 3.12. The number of imidazole rings is 1. The molecule has 0 radical (unpaired) electrons. The van der Waals surface area contributed by atoms with Crippen molar-refractivity contribution >= 4 is 23.3 Å². The molecule has 0 bridgehead atoms. The molecule has 6 heteroatoms. The first-order chi connectivity index (χ1) is 9.61. The highest BCUT2D eigenvalue weighted by molar-refractivity contribution is 6.30. The molecule has 1 unspecified atom stereocenters. The lowest BCUT2D eigenvalue weighted by atomic mass is 10.2. The Morgan fingerprint density at radius 1 is 1.55 bits per heavy atom. The van der Waals surface area contributed by atoms with Gasteiger partial charge in [0.1, 0.15) is 0 Å². The van der Waals surface area contributed by atoms with E-state index in [-0.39, 0.29) is 0 Å². The van der Waals surface area contributed by atoms with Gasteiger partial charge in [-0.15, -0.1) is 0 Å². The Balaban J connectivity index is 2.27. The lowest BCUT2D eigenvalue weighted by molar-refractivity contribution is -0.138. The summed E-state index contributed by atoms with van der Waals surface area (Å²) in [5, 5.41) is 13.0. The molecule has 0 saturated carbocycles. The number of hydrogen-bond acceptors (Lipinski definition) is 3. The summed E-state index contributed by atoms with van der Waals surface area (Å²) in [5.41, 5.74) is 1.29. The second-order valence-corrected chi connectivity index (χ2v) is 4.87. The molecule has 1 aromatic heterocycles. The molecule has 2 rings (SSSR count). The van der Waals surface area contributed by atoms with Crippen LogP contribution in [0, 0.1) is 0 Å². The Bertz CT molecular complexity index is 598. The molecule has 0 amide bonds. The first kappa shape index (κ1) is 14.4. The van der Waals surface area contributed by atoms with Crippen molar-refractivity contribution in [3.05, 3.63) is 47.5 Å². The molecule has 5 nitrogen and oxygen atoms in total. The number of anilines is 1. The number of aromatic nitrogens is 2. The van der Waals surface area contributed by atoms with Gasteiger partial charge in [-0.2, -0.15) is 0 Å². The second kappa shape index (κ2) is 6.43. The summed E-state index contributed by atoms with van der Waals surface area (Å²) in [5.74, 6) is -0.956. The van der Waals surface area contributed by atoms with Crippen LogP contribution >= 0.6 is 11.6 Å². The smallest absolute Gasteiger partial charge is 0.332 e. The first-order valence-electron chi connectivity index (χ1n) is 6.36. The molecule has 0 aliphatic heterocycles. The standard InChI is InChI=1S/C14H16ClN3O2/c1-2-6-18-9-16-8-12(18)13(14(19)20)17-11-5-3-4-10(15)7-11/h3-5,7-9,13,17H,2,6H2,1H3,(H,19,20). The number of aryl methyl sites for hydroxylation is 1. The van der Waals surface area contributed by atoms with E-state index in [0.29, 0.717) is 16.4 Å². The quantitative estimate of drug-likeness (QED) is 0.858. The maximum absolute atomic E-state index is 11.5. The third-order valence-electron chi connectivity index (χ3n) is 2.89. The number of halogens is 1. The zero-order valence-corrected chi connectivity index (χ0v) is 11.8. The first-order valence-corrected chi connectivity index (χ1v) is 6.74. The minimum atomic E-state index is -0.956. The largest absolute Gasteiger partial charge is 0.479 e. The summed E-state index contributed by atoms with van der Waals surface area (Å²) in [6, 6.07) is 6.12. The lowest BCUT2D eigenvalue weighted by Gasteiger charge is -2.17. The highest BCUT2D eigenvalue weighted by atomic mass is 35.5. The third kappa shape index (κ3) is 3.30. The highest BCUT2D eigenvalue weighted by Gasteiger charge is 2.23. The Kier molecular flexibility index (Phi) is 4.63. The van der Waals surface area contributed by atoms with Crippen molar-refractivity contribution in [3.63, 3.8) is 0 Å². The number of benzene rings is 1. The van der Waals surface area contributed by atoms with Crippen LogP contribution in [0.2, 0.25) is 5.02 Å². The Morgan fingerprint density at radius 2 is 2.35 bits per heavy atom. The van der Waals surface area contributed by atoms with Gasteiger partial charge >= 0.3 is 5.97 Å². The van der Waals surface area contributed by atoms with E-state index in [0.717, 1.165) is 13.0 Å². The van der Waals surface area contributed by atoms with Crippen molar-refractivity contribution in [1.82, 2.24) is 9.55 Å².